The van der Waals surface area contributed by atoms with E-state index in [0.29, 0.717) is 29.1 Å². The summed E-state index contributed by atoms with van der Waals surface area (Å²) in [5.74, 6) is 0.0799. The Labute approximate surface area is 156 Å². The Balaban J connectivity index is 1.44. The summed E-state index contributed by atoms with van der Waals surface area (Å²) in [7, 11) is 0. The van der Waals surface area contributed by atoms with Gasteiger partial charge in [-0.25, -0.2) is 14.8 Å². The van der Waals surface area contributed by atoms with Crippen LogP contribution < -0.4 is 16.2 Å². The minimum absolute atomic E-state index is 0.0434. The molecule has 3 atom stereocenters. The van der Waals surface area contributed by atoms with E-state index in [1.54, 1.807) is 12.1 Å². The minimum atomic E-state index is -0.223. The SMILES string of the molecule is Cc1nc(NC(=O)C2NNC3CCCCC32)sc1Cc1ccccc1F. The monoisotopic (exact) mass is 374 g/mol. The minimum Gasteiger partial charge on any atom is -0.301 e. The highest BCUT2D eigenvalue weighted by Gasteiger charge is 2.41. The van der Waals surface area contributed by atoms with Gasteiger partial charge in [-0.05, 0) is 31.4 Å². The number of hydrogen-bond acceptors (Lipinski definition) is 5. The summed E-state index contributed by atoms with van der Waals surface area (Å²) >= 11 is 1.42. The topological polar surface area (TPSA) is 66.0 Å². The number of aryl methyl sites for hydroxylation is 1. The lowest BCUT2D eigenvalue weighted by atomic mass is 9.81. The Morgan fingerprint density at radius 3 is 2.96 bits per heavy atom. The molecule has 2 aromatic rings. The van der Waals surface area contributed by atoms with Crippen LogP contribution in [0.2, 0.25) is 0 Å². The van der Waals surface area contributed by atoms with Crippen LogP contribution in [0, 0.1) is 18.7 Å². The maximum Gasteiger partial charge on any atom is 0.244 e. The largest absolute Gasteiger partial charge is 0.301 e. The molecule has 1 aromatic heterocycles. The van der Waals surface area contributed by atoms with E-state index in [1.807, 2.05) is 13.0 Å². The van der Waals surface area contributed by atoms with Crippen molar-refractivity contribution < 1.29 is 9.18 Å². The van der Waals surface area contributed by atoms with Crippen molar-refractivity contribution in [2.24, 2.45) is 5.92 Å². The molecule has 3 N–H and O–H groups in total. The van der Waals surface area contributed by atoms with Gasteiger partial charge in [0.15, 0.2) is 5.13 Å². The second-order valence-electron chi connectivity index (χ2n) is 7.11. The smallest absolute Gasteiger partial charge is 0.244 e. The molecule has 4 rings (SSSR count). The first-order valence-electron chi connectivity index (χ1n) is 9.13. The number of fused-ring (bicyclic) bond motifs is 1. The molecule has 1 amide bonds. The standard InChI is InChI=1S/C19H23FN4OS/c1-11-16(10-12-6-2-4-8-14(12)20)26-19(21-11)22-18(25)17-13-7-3-5-9-15(13)23-24-17/h2,4,6,8,13,15,17,23-24H,3,5,7,9-10H2,1H3,(H,21,22,25). The van der Waals surface area contributed by atoms with Crippen molar-refractivity contribution in [2.45, 2.75) is 51.1 Å². The fraction of sp³-hybridized carbons (Fsp3) is 0.474. The van der Waals surface area contributed by atoms with Crippen LogP contribution in [0.5, 0.6) is 0 Å². The number of nitrogens with zero attached hydrogens (tertiary/aromatic N) is 1. The molecular formula is C19H23FN4OS. The number of carbonyl (C=O) groups excluding carboxylic acids is 1. The van der Waals surface area contributed by atoms with Crippen molar-refractivity contribution in [3.63, 3.8) is 0 Å². The zero-order valence-corrected chi connectivity index (χ0v) is 15.5. The average molecular weight is 374 g/mol. The van der Waals surface area contributed by atoms with Crippen molar-refractivity contribution in [1.82, 2.24) is 15.8 Å². The van der Waals surface area contributed by atoms with Gasteiger partial charge in [-0.3, -0.25) is 10.2 Å². The molecule has 1 aromatic carbocycles. The molecule has 5 nitrogen and oxygen atoms in total. The third-order valence-corrected chi connectivity index (χ3v) is 6.46. The highest BCUT2D eigenvalue weighted by Crippen LogP contribution is 2.31. The van der Waals surface area contributed by atoms with E-state index in [1.165, 1.54) is 30.2 Å². The molecule has 2 aliphatic rings. The van der Waals surface area contributed by atoms with E-state index in [9.17, 15) is 9.18 Å². The molecule has 3 unspecified atom stereocenters. The first-order chi connectivity index (χ1) is 12.6. The van der Waals surface area contributed by atoms with Gasteiger partial charge in [0.25, 0.3) is 0 Å². The van der Waals surface area contributed by atoms with E-state index < -0.39 is 0 Å². The number of nitrogens with one attached hydrogen (secondary N) is 3. The third-order valence-electron chi connectivity index (χ3n) is 5.39. The molecule has 2 fully saturated rings. The van der Waals surface area contributed by atoms with Crippen LogP contribution in [0.4, 0.5) is 9.52 Å². The molecule has 2 heterocycles. The van der Waals surface area contributed by atoms with Gasteiger partial charge in [-0.1, -0.05) is 31.0 Å². The average Bonchev–Trinajstić information content (AvgIpc) is 3.20. The maximum atomic E-state index is 13.9. The van der Waals surface area contributed by atoms with E-state index >= 15 is 0 Å². The lowest BCUT2D eigenvalue weighted by Gasteiger charge is -2.26. The van der Waals surface area contributed by atoms with Gasteiger partial charge in [0.1, 0.15) is 11.9 Å². The van der Waals surface area contributed by atoms with Crippen LogP contribution in [-0.2, 0) is 11.2 Å². The Kier molecular flexibility index (Phi) is 5.02. The first kappa shape index (κ1) is 17.6. The van der Waals surface area contributed by atoms with E-state index in [0.717, 1.165) is 23.4 Å². The molecule has 26 heavy (non-hydrogen) atoms. The number of benzene rings is 1. The number of amides is 1. The summed E-state index contributed by atoms with van der Waals surface area (Å²) in [4.78, 5) is 18.1. The molecule has 1 saturated heterocycles. The predicted molar refractivity (Wildman–Crippen MR) is 100 cm³/mol. The second-order valence-corrected chi connectivity index (χ2v) is 8.19. The van der Waals surface area contributed by atoms with Crippen LogP contribution in [0.15, 0.2) is 24.3 Å². The molecule has 138 valence electrons. The van der Waals surface area contributed by atoms with Crippen molar-refractivity contribution in [3.8, 4) is 0 Å². The van der Waals surface area contributed by atoms with E-state index in [4.69, 9.17) is 0 Å². The molecule has 0 radical (unpaired) electrons. The molecule has 1 saturated carbocycles. The van der Waals surface area contributed by atoms with Crippen molar-refractivity contribution >= 4 is 22.4 Å². The van der Waals surface area contributed by atoms with Crippen LogP contribution in [0.25, 0.3) is 0 Å². The lowest BCUT2D eigenvalue weighted by molar-refractivity contribution is -0.118. The number of thiazole rings is 1. The van der Waals surface area contributed by atoms with Crippen LogP contribution in [0.1, 0.15) is 41.8 Å². The van der Waals surface area contributed by atoms with E-state index in [-0.39, 0.29) is 17.8 Å². The number of halogens is 1. The number of rotatable bonds is 4. The van der Waals surface area contributed by atoms with Crippen molar-refractivity contribution in [3.05, 3.63) is 46.2 Å². The zero-order chi connectivity index (χ0) is 18.1. The van der Waals surface area contributed by atoms with Crippen LogP contribution >= 0.6 is 11.3 Å². The van der Waals surface area contributed by atoms with Gasteiger partial charge in [0, 0.05) is 23.3 Å². The Morgan fingerprint density at radius 1 is 1.31 bits per heavy atom. The fourth-order valence-corrected chi connectivity index (χ4v) is 4.93. The highest BCUT2D eigenvalue weighted by molar-refractivity contribution is 7.15. The van der Waals surface area contributed by atoms with Gasteiger partial charge < -0.3 is 5.32 Å². The Bertz CT molecular complexity index is 809. The summed E-state index contributed by atoms with van der Waals surface area (Å²) in [6, 6.07) is 6.92. The van der Waals surface area contributed by atoms with Crippen molar-refractivity contribution in [2.75, 3.05) is 5.32 Å². The molecule has 7 heteroatoms. The summed E-state index contributed by atoms with van der Waals surface area (Å²) in [6.07, 6.45) is 5.06. The zero-order valence-electron chi connectivity index (χ0n) is 14.7. The Hall–Kier alpha value is -1.83. The van der Waals surface area contributed by atoms with Gasteiger partial charge in [-0.15, -0.1) is 11.3 Å². The van der Waals surface area contributed by atoms with Gasteiger partial charge in [0.2, 0.25) is 5.91 Å². The summed E-state index contributed by atoms with van der Waals surface area (Å²) in [5.41, 5.74) is 7.89. The first-order valence-corrected chi connectivity index (χ1v) is 9.95. The molecule has 0 spiro atoms. The lowest BCUT2D eigenvalue weighted by Crippen LogP contribution is -2.42. The normalized spacial score (nSPS) is 25.1. The fourth-order valence-electron chi connectivity index (χ4n) is 3.94. The number of carbonyl (C=O) groups is 1. The van der Waals surface area contributed by atoms with Crippen LogP contribution in [0.3, 0.4) is 0 Å². The third kappa shape index (κ3) is 3.51. The summed E-state index contributed by atoms with van der Waals surface area (Å²) < 4.78 is 13.9. The summed E-state index contributed by atoms with van der Waals surface area (Å²) in [5, 5.41) is 3.53. The molecule has 1 aliphatic carbocycles. The van der Waals surface area contributed by atoms with E-state index in [2.05, 4.69) is 21.2 Å². The van der Waals surface area contributed by atoms with Gasteiger partial charge >= 0.3 is 0 Å². The highest BCUT2D eigenvalue weighted by atomic mass is 32.1. The molecule has 1 aliphatic heterocycles. The number of anilines is 1. The van der Waals surface area contributed by atoms with Gasteiger partial charge in [-0.2, -0.15) is 0 Å². The number of hydrogen-bond donors (Lipinski definition) is 3. The summed E-state index contributed by atoms with van der Waals surface area (Å²) in [6.45, 7) is 1.90. The quantitative estimate of drug-likeness (QED) is 0.769. The van der Waals surface area contributed by atoms with Crippen LogP contribution in [-0.4, -0.2) is 23.0 Å². The molecule has 0 bridgehead atoms. The Morgan fingerprint density at radius 2 is 2.12 bits per heavy atom. The van der Waals surface area contributed by atoms with Gasteiger partial charge in [0.05, 0.1) is 5.69 Å². The predicted octanol–water partition coefficient (Wildman–Crippen LogP) is 3.16. The maximum absolute atomic E-state index is 13.9. The molecular weight excluding hydrogens is 351 g/mol. The number of aromatic nitrogens is 1. The van der Waals surface area contributed by atoms with Crippen molar-refractivity contribution in [1.29, 1.82) is 0 Å². The number of hydrazine groups is 1. The second kappa shape index (κ2) is 7.42.